The summed E-state index contributed by atoms with van der Waals surface area (Å²) >= 11 is 5.55. The largest absolute Gasteiger partial charge is 0.349 e. The average molecular weight is 523 g/mol. The molecule has 1 aliphatic rings. The van der Waals surface area contributed by atoms with Gasteiger partial charge in [-0.1, -0.05) is 80.2 Å². The Labute approximate surface area is 230 Å². The summed E-state index contributed by atoms with van der Waals surface area (Å²) in [6.07, 6.45) is 3.65. The number of aryl methyl sites for hydroxylation is 2. The maximum absolute atomic E-state index is 12.8. The van der Waals surface area contributed by atoms with Crippen LogP contribution in [0.4, 0.5) is 5.69 Å². The standard InChI is InChI=1S/C32H34N4OS/c1-20(2)28-14-7-22(4)15-30(28)34-31(38)18-27(37)16-25-17-29(25)23-8-10-24(11-9-23)32-33-19-36(35-32)26-12-5-21(3)6-13-26/h5-15,19-20,25,29H,16-18H2,1-4H3,(H,34,38). The van der Waals surface area contributed by atoms with Gasteiger partial charge in [-0.3, -0.25) is 4.79 Å². The Bertz CT molecular complexity index is 1450. The molecule has 0 radical (unpaired) electrons. The summed E-state index contributed by atoms with van der Waals surface area (Å²) in [4.78, 5) is 17.9. The number of carbonyl (C=O) groups excluding carboxylic acids is 1. The van der Waals surface area contributed by atoms with Gasteiger partial charge in [0.25, 0.3) is 0 Å². The minimum Gasteiger partial charge on any atom is -0.349 e. The van der Waals surface area contributed by atoms with Crippen molar-refractivity contribution >= 4 is 28.7 Å². The molecule has 1 saturated carbocycles. The minimum absolute atomic E-state index is 0.205. The number of aromatic nitrogens is 3. The maximum atomic E-state index is 12.8. The molecule has 5 nitrogen and oxygen atoms in total. The lowest BCUT2D eigenvalue weighted by Crippen LogP contribution is -2.16. The van der Waals surface area contributed by atoms with Crippen LogP contribution in [0.5, 0.6) is 0 Å². The van der Waals surface area contributed by atoms with E-state index in [4.69, 9.17) is 12.2 Å². The summed E-state index contributed by atoms with van der Waals surface area (Å²) < 4.78 is 1.80. The van der Waals surface area contributed by atoms with Crippen molar-refractivity contribution in [2.24, 2.45) is 5.92 Å². The Kier molecular flexibility index (Phi) is 7.52. The Morgan fingerprint density at radius 3 is 2.45 bits per heavy atom. The number of Topliss-reactive ketones (excluding diaryl/α,β-unsaturated/α-hetero) is 1. The van der Waals surface area contributed by atoms with Crippen molar-refractivity contribution in [3.63, 3.8) is 0 Å². The van der Waals surface area contributed by atoms with Crippen LogP contribution in [0.2, 0.25) is 0 Å². The lowest BCUT2D eigenvalue weighted by atomic mass is 9.99. The van der Waals surface area contributed by atoms with Crippen LogP contribution in [0.15, 0.2) is 73.1 Å². The average Bonchev–Trinajstić information content (AvgIpc) is 3.46. The molecule has 3 aromatic carbocycles. The first kappa shape index (κ1) is 26.0. The topological polar surface area (TPSA) is 59.8 Å². The zero-order valence-corrected chi connectivity index (χ0v) is 23.3. The van der Waals surface area contributed by atoms with Gasteiger partial charge in [0.1, 0.15) is 12.1 Å². The second-order valence-corrected chi connectivity index (χ2v) is 11.3. The highest BCUT2D eigenvalue weighted by Crippen LogP contribution is 2.50. The van der Waals surface area contributed by atoms with Crippen molar-refractivity contribution in [3.05, 3.63) is 95.3 Å². The van der Waals surface area contributed by atoms with Gasteiger partial charge in [0.05, 0.1) is 17.1 Å². The first-order valence-corrected chi connectivity index (χ1v) is 13.7. The van der Waals surface area contributed by atoms with E-state index < -0.39 is 0 Å². The van der Waals surface area contributed by atoms with E-state index in [1.807, 2.05) is 12.1 Å². The van der Waals surface area contributed by atoms with E-state index in [1.165, 1.54) is 22.3 Å². The third kappa shape index (κ3) is 6.08. The van der Waals surface area contributed by atoms with E-state index in [2.05, 4.69) is 97.7 Å². The Hall–Kier alpha value is -3.64. The van der Waals surface area contributed by atoms with Gasteiger partial charge in [0, 0.05) is 17.7 Å². The monoisotopic (exact) mass is 522 g/mol. The van der Waals surface area contributed by atoms with Crippen LogP contribution in [-0.2, 0) is 4.79 Å². The minimum atomic E-state index is 0.205. The zero-order chi connectivity index (χ0) is 26.8. The number of rotatable bonds is 9. The van der Waals surface area contributed by atoms with E-state index in [9.17, 15) is 4.79 Å². The number of hydrogen-bond acceptors (Lipinski definition) is 4. The van der Waals surface area contributed by atoms with Crippen LogP contribution in [0, 0.1) is 19.8 Å². The molecule has 4 aromatic rings. The Morgan fingerprint density at radius 2 is 1.74 bits per heavy atom. The molecule has 1 fully saturated rings. The van der Waals surface area contributed by atoms with Gasteiger partial charge in [0.15, 0.2) is 5.82 Å². The highest BCUT2D eigenvalue weighted by Gasteiger charge is 2.39. The summed E-state index contributed by atoms with van der Waals surface area (Å²) in [6.45, 7) is 8.47. The second-order valence-electron chi connectivity index (χ2n) is 10.8. The summed E-state index contributed by atoms with van der Waals surface area (Å²) in [6, 6.07) is 23.0. The predicted molar refractivity (Wildman–Crippen MR) is 158 cm³/mol. The molecule has 1 N–H and O–H groups in total. The summed E-state index contributed by atoms with van der Waals surface area (Å²) in [5, 5.41) is 7.98. The van der Waals surface area contributed by atoms with Gasteiger partial charge in [-0.2, -0.15) is 0 Å². The maximum Gasteiger partial charge on any atom is 0.181 e. The molecule has 38 heavy (non-hydrogen) atoms. The van der Waals surface area contributed by atoms with E-state index in [0.29, 0.717) is 35.0 Å². The zero-order valence-electron chi connectivity index (χ0n) is 22.4. The molecule has 2 atom stereocenters. The highest BCUT2D eigenvalue weighted by molar-refractivity contribution is 7.80. The number of nitrogens with one attached hydrogen (secondary N) is 1. The van der Waals surface area contributed by atoms with Crippen molar-refractivity contribution in [2.75, 3.05) is 5.32 Å². The molecular formula is C32H34N4OS. The number of hydrogen-bond donors (Lipinski definition) is 1. The van der Waals surface area contributed by atoms with Crippen molar-refractivity contribution < 1.29 is 4.79 Å². The second kappa shape index (κ2) is 11.0. The van der Waals surface area contributed by atoms with Crippen LogP contribution in [0.1, 0.15) is 67.2 Å². The van der Waals surface area contributed by atoms with Gasteiger partial charge in [-0.25, -0.2) is 9.67 Å². The van der Waals surface area contributed by atoms with Gasteiger partial charge in [-0.15, -0.1) is 5.10 Å². The first-order valence-electron chi connectivity index (χ1n) is 13.3. The third-order valence-corrected chi connectivity index (χ3v) is 7.51. The van der Waals surface area contributed by atoms with Crippen molar-refractivity contribution in [2.45, 2.75) is 58.8 Å². The normalized spacial score (nSPS) is 16.4. The molecule has 0 bridgehead atoms. The fourth-order valence-corrected chi connectivity index (χ4v) is 5.27. The lowest BCUT2D eigenvalue weighted by molar-refractivity contribution is -0.118. The number of thiocarbonyl (C=S) groups is 1. The number of anilines is 1. The molecule has 1 aromatic heterocycles. The fourth-order valence-electron chi connectivity index (χ4n) is 5.00. The summed E-state index contributed by atoms with van der Waals surface area (Å²) in [5.74, 6) is 2.11. The van der Waals surface area contributed by atoms with E-state index >= 15 is 0 Å². The Balaban J connectivity index is 1.14. The van der Waals surface area contributed by atoms with E-state index in [1.54, 1.807) is 11.0 Å². The molecule has 1 heterocycles. The van der Waals surface area contributed by atoms with Crippen LogP contribution < -0.4 is 5.32 Å². The van der Waals surface area contributed by atoms with Crippen LogP contribution in [0.3, 0.4) is 0 Å². The molecule has 5 rings (SSSR count). The molecule has 6 heteroatoms. The van der Waals surface area contributed by atoms with Gasteiger partial charge < -0.3 is 5.32 Å². The predicted octanol–water partition coefficient (Wildman–Crippen LogP) is 7.57. The number of benzene rings is 3. The van der Waals surface area contributed by atoms with Crippen LogP contribution in [-0.4, -0.2) is 25.5 Å². The molecule has 194 valence electrons. The lowest BCUT2D eigenvalue weighted by Gasteiger charge is -2.16. The van der Waals surface area contributed by atoms with Crippen molar-refractivity contribution in [3.8, 4) is 17.1 Å². The number of ketones is 1. The molecule has 2 unspecified atom stereocenters. The first-order chi connectivity index (χ1) is 18.3. The molecule has 0 spiro atoms. The molecular weight excluding hydrogens is 488 g/mol. The molecule has 0 amide bonds. The SMILES string of the molecule is Cc1ccc(-n2cnc(-c3ccc(C4CC4CC(=O)CC(=S)Nc4cc(C)ccc4C(C)C)cc3)n2)cc1. The van der Waals surface area contributed by atoms with Gasteiger partial charge in [0.2, 0.25) is 0 Å². The van der Waals surface area contributed by atoms with Crippen molar-refractivity contribution in [1.29, 1.82) is 0 Å². The number of carbonyl (C=O) groups is 1. The molecule has 0 saturated heterocycles. The third-order valence-electron chi connectivity index (χ3n) is 7.26. The molecule has 0 aliphatic heterocycles. The molecule has 1 aliphatic carbocycles. The smallest absolute Gasteiger partial charge is 0.181 e. The Morgan fingerprint density at radius 1 is 1.03 bits per heavy atom. The van der Waals surface area contributed by atoms with Gasteiger partial charge in [-0.05, 0) is 72.9 Å². The number of nitrogens with zero attached hydrogens (tertiary/aromatic N) is 3. The summed E-state index contributed by atoms with van der Waals surface area (Å²) in [5.41, 5.74) is 7.87. The summed E-state index contributed by atoms with van der Waals surface area (Å²) in [7, 11) is 0. The van der Waals surface area contributed by atoms with Crippen molar-refractivity contribution in [1.82, 2.24) is 14.8 Å². The van der Waals surface area contributed by atoms with E-state index in [0.717, 1.165) is 23.4 Å². The van der Waals surface area contributed by atoms with Crippen LogP contribution >= 0.6 is 12.2 Å². The highest BCUT2D eigenvalue weighted by atomic mass is 32.1. The van der Waals surface area contributed by atoms with E-state index in [-0.39, 0.29) is 12.2 Å². The van der Waals surface area contributed by atoms with Gasteiger partial charge >= 0.3 is 0 Å². The quantitative estimate of drug-likeness (QED) is 0.230. The fraction of sp³-hybridized carbons (Fsp3) is 0.312. The van der Waals surface area contributed by atoms with Crippen LogP contribution in [0.25, 0.3) is 17.1 Å².